The van der Waals surface area contributed by atoms with Gasteiger partial charge in [0.1, 0.15) is 5.54 Å². The minimum atomic E-state index is -0.949. The molecule has 0 aliphatic carbocycles. The fraction of sp³-hybridized carbons (Fsp3) is 0.929. The molecule has 0 aliphatic rings. The van der Waals surface area contributed by atoms with Crippen LogP contribution in [0.1, 0.15) is 41.0 Å². The lowest BCUT2D eigenvalue weighted by Crippen LogP contribution is -2.52. The number of carbonyl (C=O) groups is 1. The Balaban J connectivity index is 4.60. The smallest absolute Gasteiger partial charge is 0.325 e. The monoisotopic (exact) mass is 274 g/mol. The van der Waals surface area contributed by atoms with Gasteiger partial charge < -0.3 is 15.2 Å². The summed E-state index contributed by atoms with van der Waals surface area (Å²) < 4.78 is 10.1. The summed E-state index contributed by atoms with van der Waals surface area (Å²) in [5.41, 5.74) is 5.13. The summed E-state index contributed by atoms with van der Waals surface area (Å²) in [5.74, 6) is -0.336. The third kappa shape index (κ3) is 6.36. The van der Waals surface area contributed by atoms with E-state index in [9.17, 15) is 4.79 Å². The van der Waals surface area contributed by atoms with Crippen molar-refractivity contribution in [2.45, 2.75) is 58.7 Å². The summed E-state index contributed by atoms with van der Waals surface area (Å²) in [6.07, 6.45) is 0.563. The quantitative estimate of drug-likeness (QED) is 0.644. The normalized spacial score (nSPS) is 16.5. The van der Waals surface area contributed by atoms with E-state index in [1.165, 1.54) is 0 Å². The molecule has 0 aromatic heterocycles. The van der Waals surface area contributed by atoms with Crippen LogP contribution in [0.4, 0.5) is 0 Å². The van der Waals surface area contributed by atoms with Gasteiger partial charge in [-0.2, -0.15) is 0 Å². The first-order valence-corrected chi connectivity index (χ1v) is 6.97. The van der Waals surface area contributed by atoms with Crippen LogP contribution in [0.15, 0.2) is 0 Å². The summed E-state index contributed by atoms with van der Waals surface area (Å²) >= 11 is 0. The number of ether oxygens (including phenoxy) is 2. The molecule has 0 aromatic carbocycles. The van der Waals surface area contributed by atoms with Gasteiger partial charge in [-0.05, 0) is 41.0 Å². The highest BCUT2D eigenvalue weighted by molar-refractivity contribution is 5.80. The number of methoxy groups -OCH3 is 1. The molecule has 19 heavy (non-hydrogen) atoms. The largest absolute Gasteiger partial charge is 0.465 e. The molecule has 0 heterocycles. The van der Waals surface area contributed by atoms with E-state index >= 15 is 0 Å². The van der Waals surface area contributed by atoms with Gasteiger partial charge in [-0.3, -0.25) is 9.69 Å². The average molecular weight is 274 g/mol. The van der Waals surface area contributed by atoms with Crippen LogP contribution < -0.4 is 5.73 Å². The van der Waals surface area contributed by atoms with Crippen molar-refractivity contribution in [3.63, 3.8) is 0 Å². The number of hydrogen-bond donors (Lipinski definition) is 1. The molecule has 0 spiro atoms. The Morgan fingerprint density at radius 2 is 1.95 bits per heavy atom. The van der Waals surface area contributed by atoms with Crippen LogP contribution >= 0.6 is 0 Å². The van der Waals surface area contributed by atoms with E-state index < -0.39 is 5.54 Å². The maximum absolute atomic E-state index is 11.8. The third-order valence-electron chi connectivity index (χ3n) is 3.24. The van der Waals surface area contributed by atoms with Crippen molar-refractivity contribution in [3.8, 4) is 0 Å². The van der Waals surface area contributed by atoms with Crippen LogP contribution in [0.25, 0.3) is 0 Å². The van der Waals surface area contributed by atoms with Crippen LogP contribution in [0, 0.1) is 0 Å². The number of nitrogens with two attached hydrogens (primary N) is 1. The molecule has 0 saturated carbocycles. The number of nitrogens with zero attached hydrogens (tertiary/aromatic N) is 1. The molecule has 2 N–H and O–H groups in total. The maximum Gasteiger partial charge on any atom is 0.325 e. The minimum absolute atomic E-state index is 0.189. The molecular formula is C14H30N2O3. The standard InChI is InChI=1S/C14H30N2O3/c1-7-19-13(17)14(5,15)10-12(4)16(11(2)3)8-9-18-6/h11-12H,7-10,15H2,1-6H3. The van der Waals surface area contributed by atoms with Gasteiger partial charge in [0.25, 0.3) is 0 Å². The van der Waals surface area contributed by atoms with E-state index in [1.54, 1.807) is 21.0 Å². The highest BCUT2D eigenvalue weighted by Crippen LogP contribution is 2.17. The summed E-state index contributed by atoms with van der Waals surface area (Å²) in [4.78, 5) is 14.1. The number of esters is 1. The van der Waals surface area contributed by atoms with Crippen molar-refractivity contribution in [1.82, 2.24) is 4.90 Å². The van der Waals surface area contributed by atoms with Gasteiger partial charge in [0.2, 0.25) is 0 Å². The first-order valence-electron chi connectivity index (χ1n) is 6.97. The maximum atomic E-state index is 11.8. The van der Waals surface area contributed by atoms with Gasteiger partial charge in [-0.25, -0.2) is 0 Å². The summed E-state index contributed by atoms with van der Waals surface area (Å²) in [6, 6.07) is 0.567. The highest BCUT2D eigenvalue weighted by atomic mass is 16.5. The molecule has 114 valence electrons. The zero-order chi connectivity index (χ0) is 15.1. The van der Waals surface area contributed by atoms with E-state index in [0.717, 1.165) is 6.54 Å². The van der Waals surface area contributed by atoms with Crippen LogP contribution in [0.2, 0.25) is 0 Å². The number of hydrogen-bond acceptors (Lipinski definition) is 5. The van der Waals surface area contributed by atoms with Crippen molar-refractivity contribution in [2.24, 2.45) is 5.73 Å². The van der Waals surface area contributed by atoms with Crippen molar-refractivity contribution >= 4 is 5.97 Å². The van der Waals surface area contributed by atoms with E-state index in [0.29, 0.717) is 25.7 Å². The lowest BCUT2D eigenvalue weighted by atomic mass is 9.93. The Kier molecular flexibility index (Phi) is 8.22. The molecule has 0 fully saturated rings. The molecular weight excluding hydrogens is 244 g/mol. The first-order chi connectivity index (χ1) is 8.76. The van der Waals surface area contributed by atoms with E-state index in [1.807, 2.05) is 0 Å². The van der Waals surface area contributed by atoms with Crippen molar-refractivity contribution in [3.05, 3.63) is 0 Å². The Hall–Kier alpha value is -0.650. The highest BCUT2D eigenvalue weighted by Gasteiger charge is 2.33. The summed E-state index contributed by atoms with van der Waals surface area (Å²) in [7, 11) is 1.69. The Labute approximate surface area is 117 Å². The predicted molar refractivity (Wildman–Crippen MR) is 77.0 cm³/mol. The molecule has 0 rings (SSSR count). The van der Waals surface area contributed by atoms with E-state index in [4.69, 9.17) is 15.2 Å². The molecule has 0 aromatic rings. The topological polar surface area (TPSA) is 64.8 Å². The van der Waals surface area contributed by atoms with Gasteiger partial charge in [-0.15, -0.1) is 0 Å². The van der Waals surface area contributed by atoms with Crippen molar-refractivity contribution < 1.29 is 14.3 Å². The fourth-order valence-electron chi connectivity index (χ4n) is 2.29. The van der Waals surface area contributed by atoms with Gasteiger partial charge in [0, 0.05) is 25.7 Å². The Morgan fingerprint density at radius 3 is 2.37 bits per heavy atom. The van der Waals surface area contributed by atoms with Crippen LogP contribution in [-0.4, -0.2) is 55.4 Å². The van der Waals surface area contributed by atoms with E-state index in [2.05, 4.69) is 25.7 Å². The second-order valence-corrected chi connectivity index (χ2v) is 5.52. The first kappa shape index (κ1) is 18.4. The molecule has 5 nitrogen and oxygen atoms in total. The van der Waals surface area contributed by atoms with Gasteiger partial charge in [0.15, 0.2) is 0 Å². The van der Waals surface area contributed by atoms with Crippen LogP contribution in [-0.2, 0) is 14.3 Å². The molecule has 2 unspecified atom stereocenters. The molecule has 0 saturated heterocycles. The van der Waals surface area contributed by atoms with Crippen molar-refractivity contribution in [2.75, 3.05) is 26.9 Å². The third-order valence-corrected chi connectivity index (χ3v) is 3.24. The zero-order valence-corrected chi connectivity index (χ0v) is 13.2. The Morgan fingerprint density at radius 1 is 1.37 bits per heavy atom. The van der Waals surface area contributed by atoms with Crippen molar-refractivity contribution in [1.29, 1.82) is 0 Å². The molecule has 0 radical (unpaired) electrons. The predicted octanol–water partition coefficient (Wildman–Crippen LogP) is 1.40. The SMILES string of the molecule is CCOC(=O)C(C)(N)CC(C)N(CCOC)C(C)C. The molecule has 0 amide bonds. The van der Waals surface area contributed by atoms with Gasteiger partial charge in [0.05, 0.1) is 13.2 Å². The summed E-state index contributed by atoms with van der Waals surface area (Å²) in [5, 5.41) is 0. The van der Waals surface area contributed by atoms with Crippen LogP contribution in [0.3, 0.4) is 0 Å². The van der Waals surface area contributed by atoms with Crippen LogP contribution in [0.5, 0.6) is 0 Å². The number of rotatable bonds is 9. The molecule has 0 bridgehead atoms. The second kappa shape index (κ2) is 8.51. The molecule has 0 aliphatic heterocycles. The lowest BCUT2D eigenvalue weighted by molar-refractivity contribution is -0.149. The minimum Gasteiger partial charge on any atom is -0.465 e. The fourth-order valence-corrected chi connectivity index (χ4v) is 2.29. The van der Waals surface area contributed by atoms with Gasteiger partial charge >= 0.3 is 5.97 Å². The Bertz CT molecular complexity index is 267. The van der Waals surface area contributed by atoms with Gasteiger partial charge in [-0.1, -0.05) is 0 Å². The summed E-state index contributed by atoms with van der Waals surface area (Å²) in [6.45, 7) is 11.7. The molecule has 5 heteroatoms. The molecule has 2 atom stereocenters. The number of carbonyl (C=O) groups excluding carboxylic acids is 1. The average Bonchev–Trinajstić information content (AvgIpc) is 2.28. The van der Waals surface area contributed by atoms with E-state index in [-0.39, 0.29) is 12.0 Å². The lowest BCUT2D eigenvalue weighted by Gasteiger charge is -2.36. The zero-order valence-electron chi connectivity index (χ0n) is 13.2. The second-order valence-electron chi connectivity index (χ2n) is 5.52.